The third kappa shape index (κ3) is 4.59. The number of nitrogens with one attached hydrogen (secondary N) is 3. The van der Waals surface area contributed by atoms with Crippen LogP contribution >= 0.6 is 0 Å². The average molecular weight is 420 g/mol. The maximum absolute atomic E-state index is 13.0. The number of hydrogen-bond acceptors (Lipinski definition) is 8. The van der Waals surface area contributed by atoms with Crippen molar-refractivity contribution in [3.63, 3.8) is 0 Å². The molecule has 0 bridgehead atoms. The van der Waals surface area contributed by atoms with Gasteiger partial charge < -0.3 is 30.4 Å². The van der Waals surface area contributed by atoms with Crippen LogP contribution in [0.1, 0.15) is 12.0 Å². The molecule has 4 rings (SSSR count). The van der Waals surface area contributed by atoms with Crippen LogP contribution in [0.15, 0.2) is 40.8 Å². The van der Waals surface area contributed by atoms with Crippen molar-refractivity contribution in [3.8, 4) is 11.8 Å². The Morgan fingerprint density at radius 1 is 1.42 bits per heavy atom. The first-order chi connectivity index (χ1) is 15.2. The molecule has 0 saturated carbocycles. The van der Waals surface area contributed by atoms with Gasteiger partial charge in [-0.05, 0) is 24.1 Å². The number of hydrogen-bond donors (Lipinski definition) is 3. The minimum absolute atomic E-state index is 0.127. The Bertz CT molecular complexity index is 1000. The van der Waals surface area contributed by atoms with E-state index in [4.69, 9.17) is 20.1 Å². The van der Waals surface area contributed by atoms with Gasteiger partial charge >= 0.3 is 0 Å². The van der Waals surface area contributed by atoms with Crippen molar-refractivity contribution in [3.05, 3.63) is 41.4 Å². The van der Waals surface area contributed by atoms with Gasteiger partial charge in [0.1, 0.15) is 11.6 Å². The number of amides is 1. The minimum Gasteiger partial charge on any atom is -0.493 e. The first-order valence-electron chi connectivity index (χ1n) is 10.2. The minimum atomic E-state index is -0.426. The highest BCUT2D eigenvalue weighted by molar-refractivity contribution is 6.18. The van der Waals surface area contributed by atoms with Crippen LogP contribution in [0.4, 0.5) is 11.4 Å². The highest BCUT2D eigenvalue weighted by atomic mass is 16.5. The molecule has 3 aliphatic rings. The van der Waals surface area contributed by atoms with E-state index in [9.17, 15) is 4.79 Å². The molecule has 1 fully saturated rings. The highest BCUT2D eigenvalue weighted by Crippen LogP contribution is 2.38. The summed E-state index contributed by atoms with van der Waals surface area (Å²) in [7, 11) is 0. The standard InChI is InChI=1S/C22H24N6O3/c23-3-2-15-10-16-11-18(27-22(29)17(13-24)21-25-4-1-5-26-21)19(12-20(16)31-14-15)28-6-8-30-9-7-28/h1,4-5,11-13,15,24-25H,2,6-10,14H2,(H,27,29)/b21-17-,24-13?. The van der Waals surface area contributed by atoms with E-state index in [-0.39, 0.29) is 11.5 Å². The SMILES string of the molecule is N#CCC1COc2cc(N3CCOCC3)c(NC(=O)/C(C=N)=C3\N=CC=CN3)cc2C1. The first kappa shape index (κ1) is 20.6. The molecule has 1 saturated heterocycles. The molecule has 9 nitrogen and oxygen atoms in total. The molecule has 160 valence electrons. The van der Waals surface area contributed by atoms with Crippen LogP contribution in [0.3, 0.4) is 0 Å². The Morgan fingerprint density at radius 2 is 2.26 bits per heavy atom. The number of fused-ring (bicyclic) bond motifs is 1. The van der Waals surface area contributed by atoms with Crippen molar-refractivity contribution in [2.75, 3.05) is 43.1 Å². The molecule has 0 radical (unpaired) electrons. The number of benzene rings is 1. The second kappa shape index (κ2) is 9.45. The smallest absolute Gasteiger partial charge is 0.261 e. The molecule has 1 unspecified atom stereocenters. The molecular weight excluding hydrogens is 396 g/mol. The van der Waals surface area contributed by atoms with E-state index in [1.807, 2.05) is 12.1 Å². The lowest BCUT2D eigenvalue weighted by atomic mass is 9.93. The van der Waals surface area contributed by atoms with Gasteiger partial charge in [0.25, 0.3) is 5.91 Å². The fourth-order valence-corrected chi connectivity index (χ4v) is 3.81. The molecule has 1 amide bonds. The van der Waals surface area contributed by atoms with Crippen LogP contribution in [-0.2, 0) is 16.0 Å². The molecule has 3 N–H and O–H groups in total. The zero-order chi connectivity index (χ0) is 21.6. The van der Waals surface area contributed by atoms with Gasteiger partial charge in [-0.3, -0.25) is 4.79 Å². The summed E-state index contributed by atoms with van der Waals surface area (Å²) < 4.78 is 11.4. The maximum atomic E-state index is 13.0. The van der Waals surface area contributed by atoms with Gasteiger partial charge in [0, 0.05) is 50.1 Å². The summed E-state index contributed by atoms with van der Waals surface area (Å²) in [6, 6.07) is 6.08. The second-order valence-corrected chi connectivity index (χ2v) is 7.46. The van der Waals surface area contributed by atoms with Gasteiger partial charge in [-0.2, -0.15) is 5.26 Å². The van der Waals surface area contributed by atoms with E-state index in [1.54, 1.807) is 18.5 Å². The Morgan fingerprint density at radius 3 is 2.97 bits per heavy atom. The summed E-state index contributed by atoms with van der Waals surface area (Å²) in [6.07, 6.45) is 7.06. The summed E-state index contributed by atoms with van der Waals surface area (Å²) in [5.74, 6) is 0.799. The number of nitriles is 1. The van der Waals surface area contributed by atoms with Crippen molar-refractivity contribution in [1.29, 1.82) is 10.7 Å². The number of carbonyl (C=O) groups excluding carboxylic acids is 1. The molecule has 3 aliphatic heterocycles. The van der Waals surface area contributed by atoms with Crippen molar-refractivity contribution >= 4 is 29.7 Å². The second-order valence-electron chi connectivity index (χ2n) is 7.46. The number of allylic oxidation sites excluding steroid dienone is 1. The van der Waals surface area contributed by atoms with E-state index in [0.717, 1.165) is 23.2 Å². The molecule has 1 aromatic carbocycles. The normalized spacial score (nSPS) is 21.3. The van der Waals surface area contributed by atoms with Crippen LogP contribution in [0, 0.1) is 22.7 Å². The maximum Gasteiger partial charge on any atom is 0.261 e. The summed E-state index contributed by atoms with van der Waals surface area (Å²) in [5.41, 5.74) is 2.58. The van der Waals surface area contributed by atoms with Crippen LogP contribution in [0.5, 0.6) is 5.75 Å². The lowest BCUT2D eigenvalue weighted by Gasteiger charge is -2.33. The quantitative estimate of drug-likeness (QED) is 0.494. The Hall–Kier alpha value is -3.64. The van der Waals surface area contributed by atoms with E-state index < -0.39 is 5.91 Å². The number of ether oxygens (including phenoxy) is 2. The molecule has 31 heavy (non-hydrogen) atoms. The molecule has 0 spiro atoms. The fourth-order valence-electron chi connectivity index (χ4n) is 3.81. The number of nitrogens with zero attached hydrogens (tertiary/aromatic N) is 3. The molecule has 9 heteroatoms. The van der Waals surface area contributed by atoms with Gasteiger partial charge in [0.05, 0.1) is 42.8 Å². The van der Waals surface area contributed by atoms with Crippen molar-refractivity contribution in [1.82, 2.24) is 5.32 Å². The topological polar surface area (TPSA) is 123 Å². The van der Waals surface area contributed by atoms with Crippen LogP contribution in [0.2, 0.25) is 0 Å². The van der Waals surface area contributed by atoms with E-state index in [1.165, 1.54) is 0 Å². The third-order valence-corrected chi connectivity index (χ3v) is 5.39. The number of carbonyl (C=O) groups is 1. The Labute approximate surface area is 180 Å². The zero-order valence-corrected chi connectivity index (χ0v) is 17.1. The fraction of sp³-hybridized carbons (Fsp3) is 0.364. The summed E-state index contributed by atoms with van der Waals surface area (Å²) in [5, 5.41) is 22.6. The third-order valence-electron chi connectivity index (χ3n) is 5.39. The van der Waals surface area contributed by atoms with Gasteiger partial charge in [0.15, 0.2) is 0 Å². The van der Waals surface area contributed by atoms with Gasteiger partial charge in [-0.15, -0.1) is 0 Å². The number of anilines is 2. The molecule has 0 aliphatic carbocycles. The van der Waals surface area contributed by atoms with E-state index in [0.29, 0.717) is 57.3 Å². The monoisotopic (exact) mass is 420 g/mol. The summed E-state index contributed by atoms with van der Waals surface area (Å²) in [6.45, 7) is 3.13. The molecule has 1 atom stereocenters. The van der Waals surface area contributed by atoms with Gasteiger partial charge in [-0.1, -0.05) is 0 Å². The average Bonchev–Trinajstić information content (AvgIpc) is 2.80. The number of rotatable bonds is 5. The number of aliphatic imine (C=N–C) groups is 1. The number of morpholine rings is 1. The molecule has 0 aromatic heterocycles. The zero-order valence-electron chi connectivity index (χ0n) is 17.1. The van der Waals surface area contributed by atoms with Crippen molar-refractivity contribution < 1.29 is 14.3 Å². The van der Waals surface area contributed by atoms with Crippen molar-refractivity contribution in [2.45, 2.75) is 12.8 Å². The summed E-state index contributed by atoms with van der Waals surface area (Å²) >= 11 is 0. The highest BCUT2D eigenvalue weighted by Gasteiger charge is 2.25. The van der Waals surface area contributed by atoms with Gasteiger partial charge in [0.2, 0.25) is 0 Å². The predicted molar refractivity (Wildman–Crippen MR) is 118 cm³/mol. The van der Waals surface area contributed by atoms with Gasteiger partial charge in [-0.25, -0.2) is 4.99 Å². The van der Waals surface area contributed by atoms with Crippen LogP contribution < -0.4 is 20.3 Å². The lowest BCUT2D eigenvalue weighted by Crippen LogP contribution is -2.37. The first-order valence-corrected chi connectivity index (χ1v) is 10.2. The van der Waals surface area contributed by atoms with Crippen LogP contribution in [-0.4, -0.2) is 51.2 Å². The summed E-state index contributed by atoms with van der Waals surface area (Å²) in [4.78, 5) is 19.3. The molecule has 3 heterocycles. The van der Waals surface area contributed by atoms with Crippen molar-refractivity contribution in [2.24, 2.45) is 10.9 Å². The van der Waals surface area contributed by atoms with Crippen LogP contribution in [0.25, 0.3) is 0 Å². The van der Waals surface area contributed by atoms with E-state index >= 15 is 0 Å². The largest absolute Gasteiger partial charge is 0.493 e. The predicted octanol–water partition coefficient (Wildman–Crippen LogP) is 1.98. The van der Waals surface area contributed by atoms with E-state index in [2.05, 4.69) is 26.6 Å². The lowest BCUT2D eigenvalue weighted by molar-refractivity contribution is -0.112. The molecule has 1 aromatic rings. The Kier molecular flexibility index (Phi) is 6.29. The Balaban J connectivity index is 1.67. The molecular formula is C22H24N6O3.